The molecule has 4 heteroatoms. The maximum atomic E-state index is 12.2. The fraction of sp³-hybridized carbons (Fsp3) is 0.533. The Hall–Kier alpha value is -1.55. The van der Waals surface area contributed by atoms with Crippen molar-refractivity contribution in [3.63, 3.8) is 0 Å². The summed E-state index contributed by atoms with van der Waals surface area (Å²) in [6.07, 6.45) is 0. The van der Waals surface area contributed by atoms with Crippen molar-refractivity contribution in [2.45, 2.75) is 34.6 Å². The summed E-state index contributed by atoms with van der Waals surface area (Å²) in [6, 6.07) is 1.94. The van der Waals surface area contributed by atoms with Crippen molar-refractivity contribution in [1.82, 2.24) is 0 Å². The number of rotatable bonds is 4. The van der Waals surface area contributed by atoms with Crippen LogP contribution in [-0.2, 0) is 4.79 Å². The van der Waals surface area contributed by atoms with Crippen molar-refractivity contribution in [2.75, 3.05) is 19.0 Å². The van der Waals surface area contributed by atoms with Gasteiger partial charge in [0.15, 0.2) is 0 Å². The van der Waals surface area contributed by atoms with Crippen molar-refractivity contribution >= 4 is 11.6 Å². The molecule has 0 saturated heterocycles. The number of amides is 1. The van der Waals surface area contributed by atoms with E-state index in [2.05, 4.69) is 5.32 Å². The molecule has 0 fully saturated rings. The fourth-order valence-electron chi connectivity index (χ4n) is 1.89. The monoisotopic (exact) mass is 264 g/mol. The second-order valence-electron chi connectivity index (χ2n) is 5.57. The minimum absolute atomic E-state index is 0.0675. The molecule has 0 spiro atoms. The van der Waals surface area contributed by atoms with Crippen LogP contribution in [0.5, 0.6) is 5.75 Å². The van der Waals surface area contributed by atoms with Crippen LogP contribution in [0.3, 0.4) is 0 Å². The Balaban J connectivity index is 3.14. The van der Waals surface area contributed by atoms with E-state index in [4.69, 9.17) is 10.5 Å². The number of hydrogen-bond acceptors (Lipinski definition) is 3. The zero-order valence-corrected chi connectivity index (χ0v) is 12.7. The summed E-state index contributed by atoms with van der Waals surface area (Å²) in [4.78, 5) is 12.2. The molecular formula is C15H24N2O2. The third kappa shape index (κ3) is 3.07. The normalized spacial score (nSPS) is 11.3. The Kier molecular flexibility index (Phi) is 4.58. The SMILES string of the molecule is COc1c(C)cc(NC(=O)C(C)(C)CN)c(C)c1C. The van der Waals surface area contributed by atoms with Crippen molar-refractivity contribution in [3.05, 3.63) is 22.8 Å². The maximum Gasteiger partial charge on any atom is 0.231 e. The average molecular weight is 264 g/mol. The van der Waals surface area contributed by atoms with Crippen molar-refractivity contribution < 1.29 is 9.53 Å². The van der Waals surface area contributed by atoms with Gasteiger partial charge in [-0.3, -0.25) is 4.79 Å². The lowest BCUT2D eigenvalue weighted by Gasteiger charge is -2.23. The summed E-state index contributed by atoms with van der Waals surface area (Å²) in [5.41, 5.74) is 8.94. The van der Waals surface area contributed by atoms with E-state index in [-0.39, 0.29) is 5.91 Å². The highest BCUT2D eigenvalue weighted by molar-refractivity contribution is 5.96. The predicted molar refractivity (Wildman–Crippen MR) is 78.7 cm³/mol. The van der Waals surface area contributed by atoms with Gasteiger partial charge in [0.25, 0.3) is 0 Å². The molecule has 0 bridgehead atoms. The van der Waals surface area contributed by atoms with Gasteiger partial charge in [0.1, 0.15) is 5.75 Å². The first-order valence-electron chi connectivity index (χ1n) is 6.41. The molecule has 3 N–H and O–H groups in total. The van der Waals surface area contributed by atoms with Gasteiger partial charge in [0, 0.05) is 12.2 Å². The smallest absolute Gasteiger partial charge is 0.231 e. The number of benzene rings is 1. The van der Waals surface area contributed by atoms with Crippen molar-refractivity contribution in [3.8, 4) is 5.75 Å². The average Bonchev–Trinajstić information content (AvgIpc) is 2.36. The lowest BCUT2D eigenvalue weighted by Crippen LogP contribution is -2.37. The van der Waals surface area contributed by atoms with Crippen LogP contribution in [0, 0.1) is 26.2 Å². The Morgan fingerprint density at radius 2 is 1.89 bits per heavy atom. The van der Waals surface area contributed by atoms with Crippen LogP contribution < -0.4 is 15.8 Å². The van der Waals surface area contributed by atoms with Crippen LogP contribution in [0.25, 0.3) is 0 Å². The third-order valence-electron chi connectivity index (χ3n) is 3.60. The van der Waals surface area contributed by atoms with E-state index < -0.39 is 5.41 Å². The first-order chi connectivity index (χ1) is 8.74. The summed E-state index contributed by atoms with van der Waals surface area (Å²) >= 11 is 0. The lowest BCUT2D eigenvalue weighted by atomic mass is 9.92. The summed E-state index contributed by atoms with van der Waals surface area (Å²) in [5, 5.41) is 2.96. The van der Waals surface area contributed by atoms with E-state index in [1.165, 1.54) is 0 Å². The van der Waals surface area contributed by atoms with Gasteiger partial charge in [-0.2, -0.15) is 0 Å². The summed E-state index contributed by atoms with van der Waals surface area (Å²) in [6.45, 7) is 9.91. The van der Waals surface area contributed by atoms with E-state index in [1.54, 1.807) is 7.11 Å². The van der Waals surface area contributed by atoms with Gasteiger partial charge in [0.05, 0.1) is 12.5 Å². The number of hydrogen-bond donors (Lipinski definition) is 2. The molecule has 0 unspecified atom stereocenters. The molecule has 1 rings (SSSR count). The highest BCUT2D eigenvalue weighted by Crippen LogP contribution is 2.32. The van der Waals surface area contributed by atoms with Gasteiger partial charge in [-0.25, -0.2) is 0 Å². The van der Waals surface area contributed by atoms with Crippen LogP contribution in [0.15, 0.2) is 6.07 Å². The predicted octanol–water partition coefficient (Wildman–Crippen LogP) is 2.54. The number of nitrogens with two attached hydrogens (primary N) is 1. The second kappa shape index (κ2) is 5.61. The fourth-order valence-corrected chi connectivity index (χ4v) is 1.89. The summed E-state index contributed by atoms with van der Waals surface area (Å²) in [5.74, 6) is 0.802. The largest absolute Gasteiger partial charge is 0.496 e. The molecule has 106 valence electrons. The van der Waals surface area contributed by atoms with Gasteiger partial charge in [-0.15, -0.1) is 0 Å². The molecule has 0 atom stereocenters. The van der Waals surface area contributed by atoms with E-state index >= 15 is 0 Å². The van der Waals surface area contributed by atoms with Gasteiger partial charge in [-0.1, -0.05) is 0 Å². The molecule has 1 aromatic rings. The standard InChI is InChI=1S/C15H24N2O2/c1-9-7-12(10(2)11(3)13(9)19-6)17-14(18)15(4,5)8-16/h7H,8,16H2,1-6H3,(H,17,18). The van der Waals surface area contributed by atoms with E-state index in [0.717, 1.165) is 28.1 Å². The van der Waals surface area contributed by atoms with Crippen LogP contribution in [0.1, 0.15) is 30.5 Å². The third-order valence-corrected chi connectivity index (χ3v) is 3.60. The summed E-state index contributed by atoms with van der Waals surface area (Å²) in [7, 11) is 1.66. The molecular weight excluding hydrogens is 240 g/mol. The van der Waals surface area contributed by atoms with Crippen LogP contribution in [0.2, 0.25) is 0 Å². The Labute approximate surface area is 115 Å². The molecule has 0 aliphatic heterocycles. The van der Waals surface area contributed by atoms with Crippen LogP contribution in [0.4, 0.5) is 5.69 Å². The first-order valence-corrected chi connectivity index (χ1v) is 6.41. The molecule has 0 heterocycles. The Morgan fingerprint density at radius 1 is 1.32 bits per heavy atom. The molecule has 0 aromatic heterocycles. The van der Waals surface area contributed by atoms with E-state index in [0.29, 0.717) is 6.54 Å². The molecule has 4 nitrogen and oxygen atoms in total. The van der Waals surface area contributed by atoms with Gasteiger partial charge in [-0.05, 0) is 57.4 Å². The second-order valence-corrected chi connectivity index (χ2v) is 5.57. The molecule has 0 saturated carbocycles. The number of nitrogens with one attached hydrogen (secondary N) is 1. The minimum atomic E-state index is -0.575. The molecule has 0 radical (unpaired) electrons. The minimum Gasteiger partial charge on any atom is -0.496 e. The van der Waals surface area contributed by atoms with Crippen LogP contribution in [-0.4, -0.2) is 19.6 Å². The Bertz CT molecular complexity index is 493. The van der Waals surface area contributed by atoms with E-state index in [9.17, 15) is 4.79 Å². The molecule has 0 aliphatic rings. The molecule has 0 aliphatic carbocycles. The number of aryl methyl sites for hydroxylation is 1. The first kappa shape index (κ1) is 15.5. The lowest BCUT2D eigenvalue weighted by molar-refractivity contribution is -0.123. The number of anilines is 1. The van der Waals surface area contributed by atoms with E-state index in [1.807, 2.05) is 40.7 Å². The van der Waals surface area contributed by atoms with Crippen LogP contribution >= 0.6 is 0 Å². The van der Waals surface area contributed by atoms with Crippen molar-refractivity contribution in [1.29, 1.82) is 0 Å². The van der Waals surface area contributed by atoms with Crippen molar-refractivity contribution in [2.24, 2.45) is 11.1 Å². The number of ether oxygens (including phenoxy) is 1. The van der Waals surface area contributed by atoms with Gasteiger partial charge >= 0.3 is 0 Å². The quantitative estimate of drug-likeness (QED) is 0.878. The number of methoxy groups -OCH3 is 1. The van der Waals surface area contributed by atoms with Gasteiger partial charge < -0.3 is 15.8 Å². The topological polar surface area (TPSA) is 64.3 Å². The zero-order chi connectivity index (χ0) is 14.8. The molecule has 19 heavy (non-hydrogen) atoms. The highest BCUT2D eigenvalue weighted by atomic mass is 16.5. The number of carbonyl (C=O) groups excluding carboxylic acids is 1. The zero-order valence-electron chi connectivity index (χ0n) is 12.7. The molecule has 1 amide bonds. The maximum absolute atomic E-state index is 12.2. The molecule has 1 aromatic carbocycles. The highest BCUT2D eigenvalue weighted by Gasteiger charge is 2.26. The van der Waals surface area contributed by atoms with Gasteiger partial charge in [0.2, 0.25) is 5.91 Å². The number of carbonyl (C=O) groups is 1. The Morgan fingerprint density at radius 3 is 2.37 bits per heavy atom. The summed E-state index contributed by atoms with van der Waals surface area (Å²) < 4.78 is 5.37.